The van der Waals surface area contributed by atoms with Crippen molar-refractivity contribution in [1.82, 2.24) is 0 Å². The molecule has 3 nitrogen and oxygen atoms in total. The van der Waals surface area contributed by atoms with E-state index in [1.54, 1.807) is 12.1 Å². The number of aromatic hydroxyl groups is 1. The summed E-state index contributed by atoms with van der Waals surface area (Å²) >= 11 is 3.27. The minimum Gasteiger partial charge on any atom is -0.506 e. The zero-order valence-electron chi connectivity index (χ0n) is 10.2. The van der Waals surface area contributed by atoms with E-state index >= 15 is 0 Å². The highest BCUT2D eigenvalue weighted by molar-refractivity contribution is 9.10. The molecule has 3 N–H and O–H groups in total. The van der Waals surface area contributed by atoms with Crippen LogP contribution in [0.15, 0.2) is 16.6 Å². The summed E-state index contributed by atoms with van der Waals surface area (Å²) in [4.78, 5) is 0. The summed E-state index contributed by atoms with van der Waals surface area (Å²) in [7, 11) is 0. The monoisotopic (exact) mass is 308 g/mol. The van der Waals surface area contributed by atoms with Crippen LogP contribution in [0.4, 0.5) is 0 Å². The number of benzene rings is 1. The molecule has 0 saturated heterocycles. The fourth-order valence-electron chi connectivity index (χ4n) is 2.69. The first kappa shape index (κ1) is 13.4. The molecule has 0 amide bonds. The maximum atomic E-state index is 10.1. The van der Waals surface area contributed by atoms with Crippen molar-refractivity contribution in [2.75, 3.05) is 0 Å². The van der Waals surface area contributed by atoms with Crippen LogP contribution in [0.5, 0.6) is 5.75 Å². The molecule has 1 aromatic carbocycles. The number of nitriles is 1. The first-order valence-electron chi connectivity index (χ1n) is 6.31. The largest absolute Gasteiger partial charge is 0.506 e. The molecule has 0 aliphatic heterocycles. The van der Waals surface area contributed by atoms with Gasteiger partial charge in [-0.25, -0.2) is 0 Å². The number of hydrogen-bond donors (Lipinski definition) is 2. The van der Waals surface area contributed by atoms with Gasteiger partial charge >= 0.3 is 0 Å². The molecule has 0 unspecified atom stereocenters. The van der Waals surface area contributed by atoms with Gasteiger partial charge in [-0.05, 0) is 46.8 Å². The summed E-state index contributed by atoms with van der Waals surface area (Å²) in [5, 5.41) is 19.1. The summed E-state index contributed by atoms with van der Waals surface area (Å²) in [6, 6.07) is 5.24. The number of hydrogen-bond acceptors (Lipinski definition) is 3. The molecule has 1 aliphatic rings. The Morgan fingerprint density at radius 1 is 1.33 bits per heavy atom. The first-order chi connectivity index (χ1) is 8.63. The maximum absolute atomic E-state index is 10.1. The van der Waals surface area contributed by atoms with E-state index in [0.29, 0.717) is 21.5 Å². The molecule has 18 heavy (non-hydrogen) atoms. The van der Waals surface area contributed by atoms with E-state index in [1.807, 2.05) is 0 Å². The average molecular weight is 309 g/mol. The molecule has 0 radical (unpaired) electrons. The van der Waals surface area contributed by atoms with Crippen LogP contribution in [0, 0.1) is 17.2 Å². The third-order valence-electron chi connectivity index (χ3n) is 3.74. The van der Waals surface area contributed by atoms with Crippen LogP contribution < -0.4 is 5.73 Å². The number of nitrogens with two attached hydrogens (primary N) is 1. The van der Waals surface area contributed by atoms with E-state index < -0.39 is 0 Å². The Bertz CT molecular complexity index is 475. The standard InChI is InChI=1S/C14H17BrN2O/c15-12-7-9(8-16)6-11(14(12)18)13(17)10-4-2-1-3-5-10/h6-7,10,13,18H,1-5,17H2/t13-/m1/s1. The van der Waals surface area contributed by atoms with Crippen molar-refractivity contribution in [3.63, 3.8) is 0 Å². The Kier molecular flexibility index (Phi) is 4.26. The van der Waals surface area contributed by atoms with Crippen LogP contribution in [-0.4, -0.2) is 5.11 Å². The summed E-state index contributed by atoms with van der Waals surface area (Å²) in [5.74, 6) is 0.581. The van der Waals surface area contributed by atoms with Gasteiger partial charge in [-0.3, -0.25) is 0 Å². The fourth-order valence-corrected chi connectivity index (χ4v) is 3.16. The van der Waals surface area contributed by atoms with Gasteiger partial charge in [-0.15, -0.1) is 0 Å². The van der Waals surface area contributed by atoms with Crippen molar-refractivity contribution in [1.29, 1.82) is 5.26 Å². The Hall–Kier alpha value is -1.05. The number of phenolic OH excluding ortho intramolecular Hbond substituents is 1. The average Bonchev–Trinajstić information content (AvgIpc) is 2.42. The molecule has 0 heterocycles. The molecular weight excluding hydrogens is 292 g/mol. The fraction of sp³-hybridized carbons (Fsp3) is 0.500. The molecular formula is C14H17BrN2O. The van der Waals surface area contributed by atoms with E-state index in [-0.39, 0.29) is 11.8 Å². The van der Waals surface area contributed by atoms with Gasteiger partial charge in [0, 0.05) is 11.6 Å². The van der Waals surface area contributed by atoms with E-state index in [4.69, 9.17) is 11.0 Å². The number of halogens is 1. The van der Waals surface area contributed by atoms with Gasteiger partial charge in [0.15, 0.2) is 0 Å². The molecule has 1 saturated carbocycles. The van der Waals surface area contributed by atoms with Crippen molar-refractivity contribution in [2.24, 2.45) is 11.7 Å². The first-order valence-corrected chi connectivity index (χ1v) is 7.11. The van der Waals surface area contributed by atoms with Gasteiger partial charge in [0.1, 0.15) is 5.75 Å². The van der Waals surface area contributed by atoms with Gasteiger partial charge < -0.3 is 10.8 Å². The predicted molar refractivity (Wildman–Crippen MR) is 74.0 cm³/mol. The normalized spacial score (nSPS) is 18.3. The Morgan fingerprint density at radius 3 is 2.61 bits per heavy atom. The molecule has 96 valence electrons. The van der Waals surface area contributed by atoms with Crippen LogP contribution in [0.1, 0.15) is 49.3 Å². The molecule has 1 aliphatic carbocycles. The highest BCUT2D eigenvalue weighted by Crippen LogP contribution is 2.39. The third kappa shape index (κ3) is 2.68. The Morgan fingerprint density at radius 2 is 2.00 bits per heavy atom. The van der Waals surface area contributed by atoms with Crippen LogP contribution in [-0.2, 0) is 0 Å². The van der Waals surface area contributed by atoms with Crippen LogP contribution in [0.2, 0.25) is 0 Å². The minimum atomic E-state index is -0.185. The van der Waals surface area contributed by atoms with Crippen molar-refractivity contribution < 1.29 is 5.11 Å². The molecule has 2 rings (SSSR count). The van der Waals surface area contributed by atoms with E-state index in [9.17, 15) is 5.11 Å². The lowest BCUT2D eigenvalue weighted by Gasteiger charge is -2.28. The van der Waals surface area contributed by atoms with Gasteiger partial charge in [-0.2, -0.15) is 5.26 Å². The molecule has 0 bridgehead atoms. The Balaban J connectivity index is 2.31. The van der Waals surface area contributed by atoms with Crippen molar-refractivity contribution in [3.05, 3.63) is 27.7 Å². The second-order valence-electron chi connectivity index (χ2n) is 4.93. The van der Waals surface area contributed by atoms with E-state index in [0.717, 1.165) is 12.8 Å². The summed E-state index contributed by atoms with van der Waals surface area (Å²) in [6.07, 6.45) is 5.90. The zero-order valence-corrected chi connectivity index (χ0v) is 11.8. The van der Waals surface area contributed by atoms with Gasteiger partial charge in [-0.1, -0.05) is 19.3 Å². The third-order valence-corrected chi connectivity index (χ3v) is 4.34. The van der Waals surface area contributed by atoms with Crippen LogP contribution in [0.25, 0.3) is 0 Å². The lowest BCUT2D eigenvalue weighted by Crippen LogP contribution is -2.23. The van der Waals surface area contributed by atoms with Crippen LogP contribution >= 0.6 is 15.9 Å². The number of phenols is 1. The number of rotatable bonds is 2. The summed E-state index contributed by atoms with van der Waals surface area (Å²) in [6.45, 7) is 0. The van der Waals surface area contributed by atoms with Crippen molar-refractivity contribution >= 4 is 15.9 Å². The van der Waals surface area contributed by atoms with E-state index in [1.165, 1.54) is 19.3 Å². The molecule has 0 spiro atoms. The highest BCUT2D eigenvalue weighted by atomic mass is 79.9. The maximum Gasteiger partial charge on any atom is 0.134 e. The highest BCUT2D eigenvalue weighted by Gasteiger charge is 2.25. The van der Waals surface area contributed by atoms with Crippen LogP contribution in [0.3, 0.4) is 0 Å². The van der Waals surface area contributed by atoms with Gasteiger partial charge in [0.05, 0.1) is 16.1 Å². The zero-order chi connectivity index (χ0) is 13.1. The van der Waals surface area contributed by atoms with Crippen molar-refractivity contribution in [2.45, 2.75) is 38.1 Å². The Labute approximate surface area is 116 Å². The lowest BCUT2D eigenvalue weighted by molar-refractivity contribution is 0.303. The number of nitrogens with zero attached hydrogens (tertiary/aromatic N) is 1. The van der Waals surface area contributed by atoms with Crippen molar-refractivity contribution in [3.8, 4) is 11.8 Å². The molecule has 1 fully saturated rings. The topological polar surface area (TPSA) is 70.0 Å². The molecule has 0 aromatic heterocycles. The molecule has 1 atom stereocenters. The smallest absolute Gasteiger partial charge is 0.134 e. The van der Waals surface area contributed by atoms with Gasteiger partial charge in [0.2, 0.25) is 0 Å². The SMILES string of the molecule is N#Cc1cc(Br)c(O)c([C@H](N)C2CCCCC2)c1. The molecule has 4 heteroatoms. The minimum absolute atomic E-state index is 0.173. The second-order valence-corrected chi connectivity index (χ2v) is 5.79. The quantitative estimate of drug-likeness (QED) is 0.877. The summed E-state index contributed by atoms with van der Waals surface area (Å²) < 4.78 is 0.544. The summed E-state index contributed by atoms with van der Waals surface area (Å²) in [5.41, 5.74) is 7.49. The van der Waals surface area contributed by atoms with E-state index in [2.05, 4.69) is 22.0 Å². The molecule has 1 aromatic rings. The second kappa shape index (κ2) is 5.73. The predicted octanol–water partition coefficient (Wildman–Crippen LogP) is 3.61. The lowest BCUT2D eigenvalue weighted by atomic mass is 9.81. The van der Waals surface area contributed by atoms with Gasteiger partial charge in [0.25, 0.3) is 0 Å².